The van der Waals surface area contributed by atoms with Crippen molar-refractivity contribution in [2.45, 2.75) is 91.1 Å². The Morgan fingerprint density at radius 1 is 1.12 bits per heavy atom. The number of amides is 1. The van der Waals surface area contributed by atoms with Crippen LogP contribution in [0.5, 0.6) is 0 Å². The SMILES string of the molecule is C=C1C=CC(N(C)NC2CCC(N(C(=O)C3CCC(C)CC3)c3cc(C#CC(C)(C)C)sc3C(=O)O)CC2)=NN1. The monoisotopic (exact) mass is 565 g/mol. The van der Waals surface area contributed by atoms with Gasteiger partial charge in [-0.3, -0.25) is 15.2 Å². The third-order valence-electron chi connectivity index (χ3n) is 7.86. The molecule has 216 valence electrons. The van der Waals surface area contributed by atoms with Crippen LogP contribution in [0.3, 0.4) is 0 Å². The number of nitrogens with one attached hydrogen (secondary N) is 2. The number of carbonyl (C=O) groups is 2. The summed E-state index contributed by atoms with van der Waals surface area (Å²) in [6.45, 7) is 12.2. The maximum atomic E-state index is 14.1. The maximum Gasteiger partial charge on any atom is 0.348 e. The van der Waals surface area contributed by atoms with E-state index in [9.17, 15) is 14.7 Å². The number of rotatable bonds is 6. The third-order valence-corrected chi connectivity index (χ3v) is 8.89. The van der Waals surface area contributed by atoms with Crippen molar-refractivity contribution in [1.29, 1.82) is 0 Å². The van der Waals surface area contributed by atoms with Crippen molar-refractivity contribution in [3.63, 3.8) is 0 Å². The van der Waals surface area contributed by atoms with Gasteiger partial charge < -0.3 is 10.0 Å². The number of hydrogen-bond donors (Lipinski definition) is 3. The summed E-state index contributed by atoms with van der Waals surface area (Å²) in [5, 5.41) is 16.4. The van der Waals surface area contributed by atoms with Crippen molar-refractivity contribution in [3.8, 4) is 11.8 Å². The number of carbonyl (C=O) groups excluding carboxylic acids is 1. The molecule has 3 N–H and O–H groups in total. The number of carboxylic acid groups (broad SMARTS) is 1. The van der Waals surface area contributed by atoms with Gasteiger partial charge in [-0.15, -0.1) is 11.3 Å². The summed E-state index contributed by atoms with van der Waals surface area (Å²) in [4.78, 5) is 29.3. The van der Waals surface area contributed by atoms with Crippen LogP contribution in [0.4, 0.5) is 5.69 Å². The Morgan fingerprint density at radius 2 is 1.80 bits per heavy atom. The minimum atomic E-state index is -1.01. The number of hydrazine groups is 1. The quantitative estimate of drug-likeness (QED) is 0.301. The molecule has 1 aromatic heterocycles. The summed E-state index contributed by atoms with van der Waals surface area (Å²) in [6.07, 6.45) is 10.9. The summed E-state index contributed by atoms with van der Waals surface area (Å²) in [7, 11) is 1.94. The highest BCUT2D eigenvalue weighted by Crippen LogP contribution is 2.39. The number of nitrogens with zero attached hydrogens (tertiary/aromatic N) is 3. The van der Waals surface area contributed by atoms with E-state index in [1.807, 2.05) is 55.9 Å². The smallest absolute Gasteiger partial charge is 0.348 e. The summed E-state index contributed by atoms with van der Waals surface area (Å²) < 4.78 is 0. The Morgan fingerprint density at radius 3 is 2.38 bits per heavy atom. The number of aromatic carboxylic acids is 1. The molecule has 0 atom stereocenters. The third kappa shape index (κ3) is 7.55. The molecule has 2 fully saturated rings. The molecule has 2 saturated carbocycles. The number of likely N-dealkylation sites (N-methyl/N-ethyl adjacent to an activating group) is 1. The molecule has 1 amide bonds. The van der Waals surface area contributed by atoms with Crippen molar-refractivity contribution in [1.82, 2.24) is 15.9 Å². The second-order valence-corrected chi connectivity index (χ2v) is 13.5. The van der Waals surface area contributed by atoms with Crippen LogP contribution in [-0.2, 0) is 4.79 Å². The van der Waals surface area contributed by atoms with Crippen LogP contribution in [0.25, 0.3) is 0 Å². The van der Waals surface area contributed by atoms with Gasteiger partial charge in [0.25, 0.3) is 0 Å². The predicted molar refractivity (Wildman–Crippen MR) is 162 cm³/mol. The van der Waals surface area contributed by atoms with E-state index in [-0.39, 0.29) is 34.2 Å². The van der Waals surface area contributed by atoms with Gasteiger partial charge in [0, 0.05) is 36.2 Å². The fourth-order valence-electron chi connectivity index (χ4n) is 5.59. The molecule has 0 aromatic carbocycles. The van der Waals surface area contributed by atoms with Crippen molar-refractivity contribution >= 4 is 34.7 Å². The lowest BCUT2D eigenvalue weighted by Crippen LogP contribution is -2.51. The Kier molecular flexibility index (Phi) is 9.42. The molecule has 3 aliphatic rings. The van der Waals surface area contributed by atoms with E-state index in [1.165, 1.54) is 11.3 Å². The molecular weight excluding hydrogens is 522 g/mol. The minimum absolute atomic E-state index is 0.0526. The largest absolute Gasteiger partial charge is 0.477 e. The van der Waals surface area contributed by atoms with Crippen molar-refractivity contribution in [2.75, 3.05) is 11.9 Å². The fraction of sp³-hybridized carbons (Fsp3) is 0.581. The van der Waals surface area contributed by atoms with Crippen LogP contribution in [0.15, 0.2) is 35.6 Å². The lowest BCUT2D eigenvalue weighted by Gasteiger charge is -2.40. The normalized spacial score (nSPS) is 24.8. The zero-order valence-corrected chi connectivity index (χ0v) is 25.2. The zero-order chi connectivity index (χ0) is 29.0. The second-order valence-electron chi connectivity index (χ2n) is 12.4. The molecule has 1 aromatic rings. The summed E-state index contributed by atoms with van der Waals surface area (Å²) in [6, 6.07) is 2.01. The highest BCUT2D eigenvalue weighted by Gasteiger charge is 2.37. The Labute approximate surface area is 242 Å². The topological polar surface area (TPSA) is 97.3 Å². The molecule has 2 heterocycles. The van der Waals surface area contributed by atoms with Gasteiger partial charge in [-0.2, -0.15) is 5.10 Å². The molecule has 0 saturated heterocycles. The van der Waals surface area contributed by atoms with Crippen LogP contribution in [0, 0.1) is 29.1 Å². The van der Waals surface area contributed by atoms with E-state index >= 15 is 0 Å². The standard InChI is InChI=1S/C31H43N5O3S/c1-20-7-10-22(11-8-20)29(37)36(26-19-25(17-18-31(3,4)5)40-28(26)30(38)39)24-14-12-23(13-15-24)34-35(6)27-16-9-21(2)32-33-27/h9,16,19-20,22-24,32,34H,2,7-8,10-15H2,1,3-6H3,(H,38,39). The fourth-order valence-corrected chi connectivity index (χ4v) is 6.43. The average Bonchev–Trinajstić information content (AvgIpc) is 3.33. The Bertz CT molecular complexity index is 1230. The highest BCUT2D eigenvalue weighted by molar-refractivity contribution is 7.15. The van der Waals surface area contributed by atoms with E-state index in [0.717, 1.165) is 62.9 Å². The second kappa shape index (κ2) is 12.6. The molecule has 8 nitrogen and oxygen atoms in total. The van der Waals surface area contributed by atoms with Gasteiger partial charge in [0.15, 0.2) is 5.84 Å². The highest BCUT2D eigenvalue weighted by atomic mass is 32.1. The molecule has 0 spiro atoms. The van der Waals surface area contributed by atoms with E-state index in [0.29, 0.717) is 16.5 Å². The number of amidine groups is 1. The summed E-state index contributed by atoms with van der Waals surface area (Å²) in [5.41, 5.74) is 7.48. The van der Waals surface area contributed by atoms with Crippen molar-refractivity contribution in [3.05, 3.63) is 40.2 Å². The van der Waals surface area contributed by atoms with E-state index < -0.39 is 5.97 Å². The number of thiophene rings is 1. The molecule has 9 heteroatoms. The molecule has 40 heavy (non-hydrogen) atoms. The Hall–Kier alpha value is -3.09. The van der Waals surface area contributed by atoms with Gasteiger partial charge >= 0.3 is 5.97 Å². The first-order valence-electron chi connectivity index (χ1n) is 14.3. The van der Waals surface area contributed by atoms with E-state index in [4.69, 9.17) is 0 Å². The molecule has 0 unspecified atom stereocenters. The van der Waals surface area contributed by atoms with Crippen LogP contribution in [0.2, 0.25) is 0 Å². The molecule has 0 bridgehead atoms. The summed E-state index contributed by atoms with van der Waals surface area (Å²) >= 11 is 1.17. The Balaban J connectivity index is 1.56. The lowest BCUT2D eigenvalue weighted by atomic mass is 9.81. The average molecular weight is 566 g/mol. The molecule has 4 rings (SSSR count). The first kappa shape index (κ1) is 29.9. The number of hydrogen-bond acceptors (Lipinski definition) is 7. The van der Waals surface area contributed by atoms with Gasteiger partial charge in [-0.05, 0) is 96.3 Å². The zero-order valence-electron chi connectivity index (χ0n) is 24.4. The van der Waals surface area contributed by atoms with Crippen LogP contribution < -0.4 is 15.8 Å². The lowest BCUT2D eigenvalue weighted by molar-refractivity contribution is -0.124. The number of carboxylic acids is 1. The van der Waals surface area contributed by atoms with E-state index in [2.05, 4.69) is 41.3 Å². The van der Waals surface area contributed by atoms with Crippen molar-refractivity contribution < 1.29 is 14.7 Å². The first-order chi connectivity index (χ1) is 18.9. The van der Waals surface area contributed by atoms with Crippen LogP contribution in [0.1, 0.15) is 93.6 Å². The number of hydrazone groups is 1. The van der Waals surface area contributed by atoms with E-state index in [1.54, 1.807) is 0 Å². The number of allylic oxidation sites excluding steroid dienone is 1. The number of anilines is 1. The van der Waals surface area contributed by atoms with Gasteiger partial charge in [0.05, 0.1) is 10.6 Å². The molecule has 1 aliphatic heterocycles. The maximum absolute atomic E-state index is 14.1. The van der Waals surface area contributed by atoms with Crippen molar-refractivity contribution in [2.24, 2.45) is 22.4 Å². The minimum Gasteiger partial charge on any atom is -0.477 e. The van der Waals surface area contributed by atoms with Gasteiger partial charge in [0.1, 0.15) is 4.88 Å². The van der Waals surface area contributed by atoms with Gasteiger partial charge in [-0.1, -0.05) is 25.3 Å². The van der Waals surface area contributed by atoms with Crippen LogP contribution in [-0.4, -0.2) is 47.0 Å². The molecule has 2 aliphatic carbocycles. The van der Waals surface area contributed by atoms with Gasteiger partial charge in [0.2, 0.25) is 5.91 Å². The van der Waals surface area contributed by atoms with Gasteiger partial charge in [-0.25, -0.2) is 10.2 Å². The molecule has 0 radical (unpaired) electrons. The van der Waals surface area contributed by atoms with Crippen LogP contribution >= 0.6 is 11.3 Å². The molecular formula is C31H43N5O3S. The summed E-state index contributed by atoms with van der Waals surface area (Å²) in [5.74, 6) is 6.78. The first-order valence-corrected chi connectivity index (χ1v) is 15.2. The predicted octanol–water partition coefficient (Wildman–Crippen LogP) is 5.74.